The minimum Gasteiger partial charge on any atom is -0.497 e. The van der Waals surface area contributed by atoms with Crippen molar-refractivity contribution >= 4 is 17.3 Å². The van der Waals surface area contributed by atoms with E-state index in [-0.39, 0.29) is 12.2 Å². The van der Waals surface area contributed by atoms with Gasteiger partial charge in [-0.3, -0.25) is 14.0 Å². The van der Waals surface area contributed by atoms with Crippen LogP contribution in [0.1, 0.15) is 22.6 Å². The van der Waals surface area contributed by atoms with Crippen LogP contribution in [-0.2, 0) is 4.79 Å². The number of hydrogen-bond donors (Lipinski definition) is 2. The van der Waals surface area contributed by atoms with Crippen molar-refractivity contribution in [1.82, 2.24) is 14.3 Å². The van der Waals surface area contributed by atoms with Gasteiger partial charge in [0.2, 0.25) is 11.4 Å². The number of likely N-dealkylation sites (N-methyl/N-ethyl adjacent to an activating group) is 1. The number of fused-ring (bicyclic) bond motifs is 1. The van der Waals surface area contributed by atoms with Crippen LogP contribution in [0, 0.1) is 11.8 Å². The first-order valence-electron chi connectivity index (χ1n) is 9.30. The SMILES string of the molecule is COc1ccn2c(C(N)=O)nc(-c3cccc(C#C[C@]4(O)CCN(C)C4=O)c3)c2c1. The molecule has 1 saturated heterocycles. The summed E-state index contributed by atoms with van der Waals surface area (Å²) in [6.07, 6.45) is 1.94. The second-order valence-electron chi connectivity index (χ2n) is 7.14. The van der Waals surface area contributed by atoms with Crippen LogP contribution in [-0.4, -0.2) is 57.5 Å². The Kier molecular flexibility index (Phi) is 4.68. The van der Waals surface area contributed by atoms with Crippen molar-refractivity contribution in [1.29, 1.82) is 0 Å². The van der Waals surface area contributed by atoms with E-state index in [4.69, 9.17) is 10.5 Å². The Labute approximate surface area is 172 Å². The standard InChI is InChI=1S/C22H20N4O4/c1-25-11-9-22(29,21(25)28)8-6-14-4-3-5-15(12-14)18-17-13-16(30-2)7-10-26(17)20(24-18)19(23)27/h3-5,7,10,12-13,29H,9,11H2,1-2H3,(H2,23,27)/t22-/m0/s1. The maximum atomic E-state index is 12.1. The summed E-state index contributed by atoms with van der Waals surface area (Å²) in [7, 11) is 3.19. The molecule has 0 aliphatic carbocycles. The van der Waals surface area contributed by atoms with Gasteiger partial charge in [-0.15, -0.1) is 0 Å². The lowest BCUT2D eigenvalue weighted by atomic mass is 10.0. The predicted octanol–water partition coefficient (Wildman–Crippen LogP) is 1.05. The van der Waals surface area contributed by atoms with E-state index < -0.39 is 17.4 Å². The Morgan fingerprint density at radius 2 is 2.13 bits per heavy atom. The minimum absolute atomic E-state index is 0.105. The molecular weight excluding hydrogens is 384 g/mol. The van der Waals surface area contributed by atoms with E-state index in [0.717, 1.165) is 0 Å². The molecule has 0 spiro atoms. The average molecular weight is 404 g/mol. The van der Waals surface area contributed by atoms with Crippen LogP contribution in [0.15, 0.2) is 42.6 Å². The molecule has 2 amide bonds. The number of aliphatic hydroxyl groups is 1. The van der Waals surface area contributed by atoms with Crippen LogP contribution in [0.2, 0.25) is 0 Å². The zero-order chi connectivity index (χ0) is 21.5. The molecule has 0 unspecified atom stereocenters. The molecule has 0 saturated carbocycles. The molecule has 2 aromatic heterocycles. The van der Waals surface area contributed by atoms with Gasteiger partial charge in [-0.1, -0.05) is 24.0 Å². The second kappa shape index (κ2) is 7.21. The number of carbonyl (C=O) groups is 2. The van der Waals surface area contributed by atoms with Gasteiger partial charge in [0.1, 0.15) is 5.75 Å². The Bertz CT molecular complexity index is 1240. The van der Waals surface area contributed by atoms with Crippen molar-refractivity contribution in [2.75, 3.05) is 20.7 Å². The monoisotopic (exact) mass is 404 g/mol. The number of benzene rings is 1. The highest BCUT2D eigenvalue weighted by Gasteiger charge is 2.42. The summed E-state index contributed by atoms with van der Waals surface area (Å²) >= 11 is 0. The molecule has 4 rings (SSSR count). The normalized spacial score (nSPS) is 18.4. The Balaban J connectivity index is 1.78. The molecule has 1 atom stereocenters. The number of pyridine rings is 1. The number of carbonyl (C=O) groups excluding carboxylic acids is 2. The minimum atomic E-state index is -1.67. The second-order valence-corrected chi connectivity index (χ2v) is 7.14. The molecule has 30 heavy (non-hydrogen) atoms. The van der Waals surface area contributed by atoms with Gasteiger partial charge in [-0.2, -0.15) is 0 Å². The van der Waals surface area contributed by atoms with E-state index >= 15 is 0 Å². The number of nitrogens with zero attached hydrogens (tertiary/aromatic N) is 3. The molecule has 0 radical (unpaired) electrons. The summed E-state index contributed by atoms with van der Waals surface area (Å²) in [4.78, 5) is 29.8. The van der Waals surface area contributed by atoms with Crippen LogP contribution in [0.25, 0.3) is 16.8 Å². The van der Waals surface area contributed by atoms with Gasteiger partial charge >= 0.3 is 0 Å². The highest BCUT2D eigenvalue weighted by atomic mass is 16.5. The molecule has 8 heteroatoms. The van der Waals surface area contributed by atoms with Crippen LogP contribution in [0.5, 0.6) is 5.75 Å². The molecule has 152 valence electrons. The maximum Gasteiger partial charge on any atom is 0.285 e. The van der Waals surface area contributed by atoms with Gasteiger partial charge in [-0.05, 0) is 18.2 Å². The van der Waals surface area contributed by atoms with E-state index in [9.17, 15) is 14.7 Å². The fraction of sp³-hybridized carbons (Fsp3) is 0.227. The number of aromatic nitrogens is 2. The third-order valence-corrected chi connectivity index (χ3v) is 5.13. The number of imidazole rings is 1. The third kappa shape index (κ3) is 3.25. The lowest BCUT2D eigenvalue weighted by molar-refractivity contribution is -0.137. The van der Waals surface area contributed by atoms with Crippen molar-refractivity contribution in [3.05, 3.63) is 54.0 Å². The summed E-state index contributed by atoms with van der Waals surface area (Å²) in [5, 5.41) is 10.5. The first-order chi connectivity index (χ1) is 14.3. The molecule has 3 heterocycles. The first-order valence-corrected chi connectivity index (χ1v) is 9.30. The van der Waals surface area contributed by atoms with Crippen molar-refractivity contribution in [2.24, 2.45) is 5.73 Å². The van der Waals surface area contributed by atoms with Crippen LogP contribution >= 0.6 is 0 Å². The lowest BCUT2D eigenvalue weighted by Gasteiger charge is -2.13. The summed E-state index contributed by atoms with van der Waals surface area (Å²) < 4.78 is 6.89. The smallest absolute Gasteiger partial charge is 0.285 e. The van der Waals surface area contributed by atoms with Crippen molar-refractivity contribution < 1.29 is 19.4 Å². The van der Waals surface area contributed by atoms with Gasteiger partial charge in [-0.25, -0.2) is 4.98 Å². The number of hydrogen-bond acceptors (Lipinski definition) is 5. The molecular formula is C22H20N4O4. The fourth-order valence-electron chi connectivity index (χ4n) is 3.47. The molecule has 1 aliphatic rings. The number of amides is 2. The first kappa shape index (κ1) is 19.5. The van der Waals surface area contributed by atoms with Crippen molar-refractivity contribution in [3.63, 3.8) is 0 Å². The molecule has 3 aromatic rings. The third-order valence-electron chi connectivity index (χ3n) is 5.13. The van der Waals surface area contributed by atoms with E-state index in [0.29, 0.717) is 34.6 Å². The molecule has 1 aromatic carbocycles. The van der Waals surface area contributed by atoms with Gasteiger partial charge in [0.15, 0.2) is 0 Å². The summed E-state index contributed by atoms with van der Waals surface area (Å²) in [5.74, 6) is 5.27. The topological polar surface area (TPSA) is 110 Å². The number of methoxy groups -OCH3 is 1. The zero-order valence-corrected chi connectivity index (χ0v) is 16.5. The van der Waals surface area contributed by atoms with Crippen LogP contribution in [0.3, 0.4) is 0 Å². The largest absolute Gasteiger partial charge is 0.497 e. The van der Waals surface area contributed by atoms with Crippen molar-refractivity contribution in [3.8, 4) is 28.8 Å². The summed E-state index contributed by atoms with van der Waals surface area (Å²) in [5.41, 5.74) is 6.33. The highest BCUT2D eigenvalue weighted by molar-refractivity contribution is 5.94. The fourth-order valence-corrected chi connectivity index (χ4v) is 3.47. The highest BCUT2D eigenvalue weighted by Crippen LogP contribution is 2.28. The zero-order valence-electron chi connectivity index (χ0n) is 16.5. The molecule has 1 aliphatic heterocycles. The van der Waals surface area contributed by atoms with Gasteiger partial charge < -0.3 is 20.5 Å². The molecule has 3 N–H and O–H groups in total. The average Bonchev–Trinajstić information content (AvgIpc) is 3.26. The Morgan fingerprint density at radius 1 is 1.33 bits per heavy atom. The predicted molar refractivity (Wildman–Crippen MR) is 110 cm³/mol. The number of likely N-dealkylation sites (tertiary alicyclic amines) is 1. The van der Waals surface area contributed by atoms with Crippen molar-refractivity contribution in [2.45, 2.75) is 12.0 Å². The summed E-state index contributed by atoms with van der Waals surface area (Å²) in [6, 6.07) is 10.7. The van der Waals surface area contributed by atoms with E-state index in [1.807, 2.05) is 6.07 Å². The Hall–Kier alpha value is -3.83. The molecule has 1 fully saturated rings. The van der Waals surface area contributed by atoms with Gasteiger partial charge in [0, 0.05) is 43.4 Å². The van der Waals surface area contributed by atoms with Crippen LogP contribution in [0.4, 0.5) is 0 Å². The number of nitrogens with two attached hydrogens (primary N) is 1. The van der Waals surface area contributed by atoms with E-state index in [1.54, 1.807) is 55.1 Å². The Morgan fingerprint density at radius 3 is 2.80 bits per heavy atom. The van der Waals surface area contributed by atoms with Gasteiger partial charge in [0.05, 0.1) is 18.3 Å². The number of ether oxygens (including phenoxy) is 1. The maximum absolute atomic E-state index is 12.1. The van der Waals surface area contributed by atoms with Crippen LogP contribution < -0.4 is 10.5 Å². The number of rotatable bonds is 3. The lowest BCUT2D eigenvalue weighted by Crippen LogP contribution is -2.37. The number of primary amides is 1. The van der Waals surface area contributed by atoms with Gasteiger partial charge in [0.25, 0.3) is 11.8 Å². The van der Waals surface area contributed by atoms with E-state index in [2.05, 4.69) is 16.8 Å². The van der Waals surface area contributed by atoms with E-state index in [1.165, 1.54) is 4.90 Å². The molecule has 0 bridgehead atoms. The molecule has 8 nitrogen and oxygen atoms in total. The summed E-state index contributed by atoms with van der Waals surface area (Å²) in [6.45, 7) is 0.461. The quantitative estimate of drug-likeness (QED) is 0.634.